The van der Waals surface area contributed by atoms with Crippen LogP contribution in [0, 0.1) is 5.92 Å². The maximum Gasteiger partial charge on any atom is 0.461 e. The summed E-state index contributed by atoms with van der Waals surface area (Å²) >= 11 is 0. The van der Waals surface area contributed by atoms with Crippen LogP contribution in [0.5, 0.6) is 0 Å². The lowest BCUT2D eigenvalue weighted by molar-refractivity contribution is -0.270. The molecule has 41 heavy (non-hydrogen) atoms. The van der Waals surface area contributed by atoms with E-state index in [0.29, 0.717) is 31.9 Å². The van der Waals surface area contributed by atoms with Gasteiger partial charge in [0.1, 0.15) is 12.1 Å². The Kier molecular flexibility index (Phi) is 9.72. The summed E-state index contributed by atoms with van der Waals surface area (Å²) in [5, 5.41) is 4.47. The molecule has 2 aliphatic heterocycles. The third-order valence-corrected chi connectivity index (χ3v) is 7.00. The minimum atomic E-state index is -6.14. The van der Waals surface area contributed by atoms with E-state index in [2.05, 4.69) is 5.32 Å². The highest BCUT2D eigenvalue weighted by Gasteiger charge is 2.64. The lowest BCUT2D eigenvalue weighted by Gasteiger charge is -2.30. The van der Waals surface area contributed by atoms with Crippen LogP contribution in [0.2, 0.25) is 0 Å². The highest BCUT2D eigenvalue weighted by molar-refractivity contribution is 6.01. The molecule has 10 nitrogen and oxygen atoms in total. The number of carbonyl (C=O) groups is 5. The number of alkyl halides is 5. The second-order valence-electron chi connectivity index (χ2n) is 10.2. The first-order valence-electron chi connectivity index (χ1n) is 12.9. The first-order chi connectivity index (χ1) is 19.1. The predicted octanol–water partition coefficient (Wildman–Crippen LogP) is 1.79. The molecule has 0 aromatic heterocycles. The van der Waals surface area contributed by atoms with Crippen LogP contribution < -0.4 is 10.6 Å². The Balaban J connectivity index is 1.60. The van der Waals surface area contributed by atoms with Gasteiger partial charge in [-0.15, -0.1) is 0 Å². The Hall–Kier alpha value is -3.62. The molecule has 0 saturated carbocycles. The van der Waals surface area contributed by atoms with E-state index < -0.39 is 59.6 Å². The minimum absolute atomic E-state index is 0.0235. The number of amides is 4. The number of morpholine rings is 1. The molecule has 2 heterocycles. The average Bonchev–Trinajstić information content (AvgIpc) is 3.29. The van der Waals surface area contributed by atoms with Crippen LogP contribution in [0.4, 0.5) is 22.0 Å². The number of hydrogen-bond donors (Lipinski definition) is 2. The number of benzene rings is 1. The van der Waals surface area contributed by atoms with Crippen molar-refractivity contribution in [3.05, 3.63) is 35.4 Å². The molecule has 226 valence electrons. The largest absolute Gasteiger partial charge is 0.461 e. The Morgan fingerprint density at radius 1 is 0.927 bits per heavy atom. The van der Waals surface area contributed by atoms with Crippen molar-refractivity contribution in [2.45, 2.75) is 57.4 Å². The molecule has 3 rings (SSSR count). The van der Waals surface area contributed by atoms with E-state index in [1.807, 2.05) is 5.32 Å². The number of ketones is 1. The van der Waals surface area contributed by atoms with Gasteiger partial charge in [0.15, 0.2) is 0 Å². The molecule has 2 fully saturated rings. The second kappa shape index (κ2) is 12.5. The molecule has 0 aliphatic carbocycles. The Labute approximate surface area is 232 Å². The number of halogens is 5. The molecule has 1 unspecified atom stereocenters. The standard InChI is InChI=1S/C26H31F5N4O6/c1-14(2)19(20(36)25(27,28)26(29,30)31)33-21(37)15(3)35-9-8-18(24(35)40)32-22(38)16-4-6-17(7-5-16)23(39)34-10-12-41-13-11-34/h4-7,14-15,18-19H,8-13H2,1-3H3,(H,32,38)(H,33,37)/t15-,18-,19?/m0/s1. The van der Waals surface area contributed by atoms with Crippen LogP contribution in [-0.2, 0) is 19.1 Å². The zero-order chi connectivity index (χ0) is 30.7. The number of hydrogen-bond acceptors (Lipinski definition) is 6. The molecular formula is C26H31F5N4O6. The lowest BCUT2D eigenvalue weighted by Crippen LogP contribution is -2.59. The number of carbonyl (C=O) groups excluding carboxylic acids is 5. The molecule has 2 N–H and O–H groups in total. The van der Waals surface area contributed by atoms with Crippen LogP contribution in [0.25, 0.3) is 0 Å². The Bertz CT molecular complexity index is 1170. The highest BCUT2D eigenvalue weighted by Crippen LogP contribution is 2.37. The van der Waals surface area contributed by atoms with Crippen molar-refractivity contribution in [1.82, 2.24) is 20.4 Å². The van der Waals surface area contributed by atoms with Gasteiger partial charge in [0, 0.05) is 30.8 Å². The van der Waals surface area contributed by atoms with E-state index >= 15 is 0 Å². The molecule has 0 radical (unpaired) electrons. The SMILES string of the molecule is CC(C)C(NC(=O)[C@H](C)N1CC[C@H](NC(=O)c2ccc(C(=O)N3CCOCC3)cc2)C1=O)C(=O)C(F)(F)C(F)(F)F. The fourth-order valence-corrected chi connectivity index (χ4v) is 4.46. The highest BCUT2D eigenvalue weighted by atomic mass is 19.4. The van der Waals surface area contributed by atoms with Gasteiger partial charge in [-0.1, -0.05) is 13.8 Å². The van der Waals surface area contributed by atoms with Crippen molar-refractivity contribution >= 4 is 29.4 Å². The fourth-order valence-electron chi connectivity index (χ4n) is 4.46. The molecule has 1 aromatic rings. The molecule has 3 atom stereocenters. The van der Waals surface area contributed by atoms with E-state index in [9.17, 15) is 45.9 Å². The van der Waals surface area contributed by atoms with E-state index in [0.717, 1.165) is 4.90 Å². The van der Waals surface area contributed by atoms with Gasteiger partial charge in [0.05, 0.1) is 19.3 Å². The van der Waals surface area contributed by atoms with Crippen molar-refractivity contribution in [2.75, 3.05) is 32.8 Å². The summed E-state index contributed by atoms with van der Waals surface area (Å²) in [6, 6.07) is 1.29. The minimum Gasteiger partial charge on any atom is -0.378 e. The van der Waals surface area contributed by atoms with Gasteiger partial charge in [-0.2, -0.15) is 22.0 Å². The Morgan fingerprint density at radius 2 is 1.49 bits per heavy atom. The van der Waals surface area contributed by atoms with Gasteiger partial charge >= 0.3 is 12.1 Å². The summed E-state index contributed by atoms with van der Waals surface area (Å²) in [7, 11) is 0. The number of Topliss-reactive ketones (excluding diaryl/α,β-unsaturated/α-hetero) is 1. The maximum absolute atomic E-state index is 13.7. The molecule has 2 saturated heterocycles. The van der Waals surface area contributed by atoms with Gasteiger partial charge in [-0.05, 0) is 43.5 Å². The monoisotopic (exact) mass is 590 g/mol. The number of likely N-dealkylation sites (tertiary alicyclic amines) is 1. The van der Waals surface area contributed by atoms with Gasteiger partial charge in [0.25, 0.3) is 11.8 Å². The summed E-state index contributed by atoms with van der Waals surface area (Å²) < 4.78 is 70.7. The van der Waals surface area contributed by atoms with E-state index in [1.54, 1.807) is 4.90 Å². The summed E-state index contributed by atoms with van der Waals surface area (Å²) in [6.07, 6.45) is -6.04. The molecule has 2 aliphatic rings. The first kappa shape index (κ1) is 31.9. The van der Waals surface area contributed by atoms with Crippen molar-refractivity contribution in [3.63, 3.8) is 0 Å². The summed E-state index contributed by atoms with van der Waals surface area (Å²) in [6.45, 7) is 5.36. The predicted molar refractivity (Wildman–Crippen MR) is 133 cm³/mol. The molecular weight excluding hydrogens is 559 g/mol. The van der Waals surface area contributed by atoms with E-state index in [1.165, 1.54) is 45.0 Å². The quantitative estimate of drug-likeness (QED) is 0.423. The van der Waals surface area contributed by atoms with Crippen molar-refractivity contribution in [1.29, 1.82) is 0 Å². The molecule has 1 aromatic carbocycles. The van der Waals surface area contributed by atoms with E-state index in [4.69, 9.17) is 4.74 Å². The lowest BCUT2D eigenvalue weighted by atomic mass is 9.95. The smallest absolute Gasteiger partial charge is 0.378 e. The summed E-state index contributed by atoms with van der Waals surface area (Å²) in [5.41, 5.74) is 0.544. The molecule has 4 amide bonds. The third-order valence-electron chi connectivity index (χ3n) is 7.00. The normalized spacial score (nSPS) is 19.6. The molecule has 15 heteroatoms. The number of rotatable bonds is 9. The average molecular weight is 591 g/mol. The topological polar surface area (TPSA) is 125 Å². The van der Waals surface area contributed by atoms with Crippen molar-refractivity contribution in [3.8, 4) is 0 Å². The second-order valence-corrected chi connectivity index (χ2v) is 10.2. The number of ether oxygens (including phenoxy) is 1. The fraction of sp³-hybridized carbons (Fsp3) is 0.577. The van der Waals surface area contributed by atoms with Crippen molar-refractivity contribution < 1.29 is 50.7 Å². The first-order valence-corrected chi connectivity index (χ1v) is 12.9. The van der Waals surface area contributed by atoms with Gasteiger partial charge in [-0.25, -0.2) is 0 Å². The van der Waals surface area contributed by atoms with Crippen LogP contribution in [0.3, 0.4) is 0 Å². The number of nitrogens with one attached hydrogen (secondary N) is 2. The van der Waals surface area contributed by atoms with Gasteiger partial charge < -0.3 is 25.2 Å². The number of nitrogens with zero attached hydrogens (tertiary/aromatic N) is 2. The van der Waals surface area contributed by atoms with Gasteiger partial charge in [-0.3, -0.25) is 24.0 Å². The molecule has 0 spiro atoms. The van der Waals surface area contributed by atoms with E-state index in [-0.39, 0.29) is 24.4 Å². The summed E-state index contributed by atoms with van der Waals surface area (Å²) in [5.74, 6) is -11.9. The third kappa shape index (κ3) is 7.00. The van der Waals surface area contributed by atoms with Crippen LogP contribution >= 0.6 is 0 Å². The van der Waals surface area contributed by atoms with Crippen molar-refractivity contribution in [2.24, 2.45) is 5.92 Å². The van der Waals surface area contributed by atoms with Gasteiger partial charge in [0.2, 0.25) is 17.6 Å². The zero-order valence-electron chi connectivity index (χ0n) is 22.6. The van der Waals surface area contributed by atoms with Crippen LogP contribution in [0.15, 0.2) is 24.3 Å². The zero-order valence-corrected chi connectivity index (χ0v) is 22.6. The Morgan fingerprint density at radius 3 is 2.02 bits per heavy atom. The summed E-state index contributed by atoms with van der Waals surface area (Å²) in [4.78, 5) is 65.6. The molecule has 0 bridgehead atoms. The van der Waals surface area contributed by atoms with Crippen LogP contribution in [-0.4, -0.2) is 102 Å². The van der Waals surface area contributed by atoms with Crippen LogP contribution in [0.1, 0.15) is 47.9 Å². The maximum atomic E-state index is 13.7.